The molecule has 0 aliphatic carbocycles. The fourth-order valence-corrected chi connectivity index (χ4v) is 1.42. The summed E-state index contributed by atoms with van der Waals surface area (Å²) in [6, 6.07) is 8.53. The van der Waals surface area contributed by atoms with Gasteiger partial charge in [-0.25, -0.2) is 9.48 Å². The number of carboxylic acids is 1. The summed E-state index contributed by atoms with van der Waals surface area (Å²) in [6.45, 7) is -0.103. The van der Waals surface area contributed by atoms with Crippen LogP contribution in [0.1, 0.15) is 10.5 Å². The molecule has 0 fully saturated rings. The van der Waals surface area contributed by atoms with Gasteiger partial charge in [0.2, 0.25) is 0 Å². The zero-order valence-electron chi connectivity index (χ0n) is 8.74. The highest BCUT2D eigenvalue weighted by molar-refractivity contribution is 5.87. The number of hydrogen-bond acceptors (Lipinski definition) is 4. The van der Waals surface area contributed by atoms with Gasteiger partial charge in [-0.2, -0.15) is 10.4 Å². The third-order valence-electron chi connectivity index (χ3n) is 2.15. The van der Waals surface area contributed by atoms with Crippen molar-refractivity contribution in [3.8, 4) is 17.5 Å². The van der Waals surface area contributed by atoms with Gasteiger partial charge in [0.1, 0.15) is 17.9 Å². The minimum Gasteiger partial charge on any atom is -0.477 e. The van der Waals surface area contributed by atoms with Crippen molar-refractivity contribution in [3.05, 3.63) is 36.2 Å². The lowest BCUT2D eigenvalue weighted by atomic mass is 10.2. The quantitative estimate of drug-likeness (QED) is 0.851. The maximum absolute atomic E-state index is 11.0. The first-order valence-corrected chi connectivity index (χ1v) is 4.82. The van der Waals surface area contributed by atoms with Gasteiger partial charge in [0.05, 0.1) is 11.8 Å². The van der Waals surface area contributed by atoms with Crippen LogP contribution in [0.25, 0.3) is 11.4 Å². The maximum atomic E-state index is 11.0. The standard InChI is InChI=1S/C11H8N4O2/c12-4-6-15-10(11(16)17)7-9(14-15)8-3-1-2-5-13-8/h1-3,5,7H,6H2,(H,16,17). The predicted octanol–water partition coefficient (Wildman–Crippen LogP) is 1.17. The van der Waals surface area contributed by atoms with E-state index in [1.165, 1.54) is 6.07 Å². The molecule has 0 aliphatic rings. The van der Waals surface area contributed by atoms with E-state index >= 15 is 0 Å². The monoisotopic (exact) mass is 228 g/mol. The van der Waals surface area contributed by atoms with Gasteiger partial charge in [-0.1, -0.05) is 6.07 Å². The van der Waals surface area contributed by atoms with Crippen molar-refractivity contribution < 1.29 is 9.90 Å². The Balaban J connectivity index is 2.48. The average molecular weight is 228 g/mol. The number of rotatable bonds is 3. The molecule has 2 rings (SSSR count). The third kappa shape index (κ3) is 2.13. The maximum Gasteiger partial charge on any atom is 0.354 e. The van der Waals surface area contributed by atoms with Gasteiger partial charge in [-0.05, 0) is 12.1 Å². The van der Waals surface area contributed by atoms with Crippen LogP contribution in [-0.4, -0.2) is 25.8 Å². The first-order valence-electron chi connectivity index (χ1n) is 4.82. The van der Waals surface area contributed by atoms with Crippen LogP contribution >= 0.6 is 0 Å². The number of pyridine rings is 1. The highest BCUT2D eigenvalue weighted by Gasteiger charge is 2.15. The molecule has 2 aromatic heterocycles. The van der Waals surface area contributed by atoms with Crippen molar-refractivity contribution >= 4 is 5.97 Å². The lowest BCUT2D eigenvalue weighted by molar-refractivity contribution is 0.0684. The van der Waals surface area contributed by atoms with Crippen LogP contribution in [0.2, 0.25) is 0 Å². The van der Waals surface area contributed by atoms with Gasteiger partial charge in [-0.15, -0.1) is 0 Å². The minimum atomic E-state index is -1.12. The zero-order chi connectivity index (χ0) is 12.3. The molecule has 2 aromatic rings. The molecule has 0 saturated heterocycles. The molecule has 2 heterocycles. The normalized spacial score (nSPS) is 9.82. The van der Waals surface area contributed by atoms with Gasteiger partial charge < -0.3 is 5.11 Å². The fourth-order valence-electron chi connectivity index (χ4n) is 1.42. The van der Waals surface area contributed by atoms with E-state index in [1.807, 2.05) is 6.07 Å². The van der Waals surface area contributed by atoms with Gasteiger partial charge in [0.25, 0.3) is 0 Å². The molecule has 0 saturated carbocycles. The number of aromatic carboxylic acids is 1. The molecular formula is C11H8N4O2. The molecule has 0 atom stereocenters. The van der Waals surface area contributed by atoms with Crippen molar-refractivity contribution in [1.29, 1.82) is 5.26 Å². The Bertz CT molecular complexity index is 583. The molecule has 6 heteroatoms. The number of nitriles is 1. The summed E-state index contributed by atoms with van der Waals surface area (Å²) in [4.78, 5) is 15.0. The number of hydrogen-bond donors (Lipinski definition) is 1. The molecule has 0 amide bonds. The Kier molecular flexibility index (Phi) is 2.83. The second kappa shape index (κ2) is 4.45. The van der Waals surface area contributed by atoms with E-state index in [0.29, 0.717) is 11.4 Å². The van der Waals surface area contributed by atoms with E-state index in [0.717, 1.165) is 4.68 Å². The van der Waals surface area contributed by atoms with E-state index in [4.69, 9.17) is 10.4 Å². The Hall–Kier alpha value is -2.68. The van der Waals surface area contributed by atoms with Crippen molar-refractivity contribution in [3.63, 3.8) is 0 Å². The number of nitrogens with zero attached hydrogens (tertiary/aromatic N) is 4. The van der Waals surface area contributed by atoms with E-state index in [9.17, 15) is 4.79 Å². The molecule has 0 aromatic carbocycles. The van der Waals surface area contributed by atoms with Gasteiger partial charge in [-0.3, -0.25) is 4.98 Å². The largest absolute Gasteiger partial charge is 0.477 e. The lowest BCUT2D eigenvalue weighted by Gasteiger charge is -1.96. The van der Waals surface area contributed by atoms with E-state index in [1.54, 1.807) is 24.4 Å². The second-order valence-electron chi connectivity index (χ2n) is 3.25. The summed E-state index contributed by atoms with van der Waals surface area (Å²) in [5.74, 6) is -1.12. The number of carboxylic acid groups (broad SMARTS) is 1. The zero-order valence-corrected chi connectivity index (χ0v) is 8.74. The molecule has 0 radical (unpaired) electrons. The van der Waals surface area contributed by atoms with Crippen LogP contribution in [0, 0.1) is 11.3 Å². The van der Waals surface area contributed by atoms with Crippen LogP contribution in [0.3, 0.4) is 0 Å². The molecule has 0 aliphatic heterocycles. The molecule has 17 heavy (non-hydrogen) atoms. The van der Waals surface area contributed by atoms with Crippen LogP contribution in [0.15, 0.2) is 30.5 Å². The molecule has 0 spiro atoms. The smallest absolute Gasteiger partial charge is 0.354 e. The Morgan fingerprint density at radius 1 is 1.47 bits per heavy atom. The Morgan fingerprint density at radius 3 is 2.88 bits per heavy atom. The van der Waals surface area contributed by atoms with Crippen LogP contribution in [0.5, 0.6) is 0 Å². The number of carbonyl (C=O) groups is 1. The summed E-state index contributed by atoms with van der Waals surface area (Å²) >= 11 is 0. The van der Waals surface area contributed by atoms with Crippen molar-refractivity contribution in [2.24, 2.45) is 0 Å². The minimum absolute atomic E-state index is 0.0211. The average Bonchev–Trinajstić information content (AvgIpc) is 2.75. The highest BCUT2D eigenvalue weighted by atomic mass is 16.4. The van der Waals surface area contributed by atoms with Crippen LogP contribution < -0.4 is 0 Å². The summed E-state index contributed by atoms with van der Waals surface area (Å²) in [5.41, 5.74) is 0.997. The summed E-state index contributed by atoms with van der Waals surface area (Å²) in [6.07, 6.45) is 1.60. The van der Waals surface area contributed by atoms with Crippen molar-refractivity contribution in [1.82, 2.24) is 14.8 Å². The Labute approximate surface area is 96.8 Å². The highest BCUT2D eigenvalue weighted by Crippen LogP contribution is 2.16. The first-order chi connectivity index (χ1) is 8.22. The summed E-state index contributed by atoms with van der Waals surface area (Å²) in [7, 11) is 0. The van der Waals surface area contributed by atoms with Crippen LogP contribution in [0.4, 0.5) is 0 Å². The molecule has 84 valence electrons. The van der Waals surface area contributed by atoms with Crippen LogP contribution in [-0.2, 0) is 6.54 Å². The fraction of sp³-hybridized carbons (Fsp3) is 0.0909. The molecule has 1 N–H and O–H groups in total. The molecule has 6 nitrogen and oxygen atoms in total. The van der Waals surface area contributed by atoms with Crippen molar-refractivity contribution in [2.45, 2.75) is 6.54 Å². The van der Waals surface area contributed by atoms with Gasteiger partial charge in [0, 0.05) is 12.3 Å². The SMILES string of the molecule is N#CCn1nc(-c2ccccn2)cc1C(=O)O. The summed E-state index contributed by atoms with van der Waals surface area (Å²) < 4.78 is 1.15. The molecular weight excluding hydrogens is 220 g/mol. The van der Waals surface area contributed by atoms with E-state index in [-0.39, 0.29) is 12.2 Å². The van der Waals surface area contributed by atoms with Gasteiger partial charge in [0.15, 0.2) is 0 Å². The molecule has 0 bridgehead atoms. The molecule has 0 unspecified atom stereocenters. The summed E-state index contributed by atoms with van der Waals surface area (Å²) in [5, 5.41) is 21.6. The predicted molar refractivity (Wildman–Crippen MR) is 58.0 cm³/mol. The van der Waals surface area contributed by atoms with Gasteiger partial charge >= 0.3 is 5.97 Å². The third-order valence-corrected chi connectivity index (χ3v) is 2.15. The van der Waals surface area contributed by atoms with E-state index in [2.05, 4.69) is 10.1 Å². The Morgan fingerprint density at radius 2 is 2.29 bits per heavy atom. The van der Waals surface area contributed by atoms with Crippen molar-refractivity contribution in [2.75, 3.05) is 0 Å². The topological polar surface area (TPSA) is 91.8 Å². The number of aromatic nitrogens is 3. The first kappa shape index (κ1) is 10.8. The lowest BCUT2D eigenvalue weighted by Crippen LogP contribution is -2.08. The second-order valence-corrected chi connectivity index (χ2v) is 3.25. The van der Waals surface area contributed by atoms with E-state index < -0.39 is 5.97 Å².